The van der Waals surface area contributed by atoms with Crippen LogP contribution >= 0.6 is 0 Å². The zero-order valence-electron chi connectivity index (χ0n) is 23.1. The van der Waals surface area contributed by atoms with Gasteiger partial charge in [0.05, 0.1) is 11.7 Å². The monoisotopic (exact) mass is 500 g/mol. The fourth-order valence-corrected chi connectivity index (χ4v) is 4.63. The molecule has 1 atom stereocenters. The molecule has 5 nitrogen and oxygen atoms in total. The number of nitrogens with two attached hydrogens (primary N) is 2. The summed E-state index contributed by atoms with van der Waals surface area (Å²) in [6.07, 6.45) is 9.81. The molecule has 2 rings (SSSR count). The van der Waals surface area contributed by atoms with E-state index in [1.165, 1.54) is 16.7 Å². The summed E-state index contributed by atoms with van der Waals surface area (Å²) in [6, 6.07) is 16.8. The predicted molar refractivity (Wildman–Crippen MR) is 152 cm³/mol. The highest BCUT2D eigenvalue weighted by Crippen LogP contribution is 2.26. The second-order valence-electron chi connectivity index (χ2n) is 9.87. The van der Waals surface area contributed by atoms with E-state index in [9.17, 15) is 10.2 Å². The minimum Gasteiger partial charge on any atom is -0.390 e. The van der Waals surface area contributed by atoms with Crippen LogP contribution < -0.4 is 11.5 Å². The molecule has 0 amide bonds. The van der Waals surface area contributed by atoms with E-state index in [4.69, 9.17) is 16.2 Å². The molecule has 0 aliphatic rings. The first-order chi connectivity index (χ1) is 17.4. The minimum atomic E-state index is -0.546. The SMILES string of the molecule is CCCC(O)(CCC)CCc1cccc(C(O)CCN)c1.COCCCc1cccc(CCCN)c1. The smallest absolute Gasteiger partial charge is 0.0802 e. The number of methoxy groups -OCH3 is 1. The summed E-state index contributed by atoms with van der Waals surface area (Å²) in [5.41, 5.74) is 15.3. The molecule has 0 bridgehead atoms. The Bertz CT molecular complexity index is 806. The van der Waals surface area contributed by atoms with Crippen LogP contribution in [0.1, 0.15) is 93.6 Å². The van der Waals surface area contributed by atoms with E-state index < -0.39 is 11.7 Å². The van der Waals surface area contributed by atoms with Gasteiger partial charge >= 0.3 is 0 Å². The molecule has 0 saturated heterocycles. The quantitative estimate of drug-likeness (QED) is 0.215. The summed E-state index contributed by atoms with van der Waals surface area (Å²) < 4.78 is 5.04. The van der Waals surface area contributed by atoms with E-state index in [0.717, 1.165) is 82.9 Å². The summed E-state index contributed by atoms with van der Waals surface area (Å²) in [5, 5.41) is 20.7. The van der Waals surface area contributed by atoms with Crippen molar-refractivity contribution >= 4 is 0 Å². The molecule has 2 aromatic rings. The third kappa shape index (κ3) is 13.5. The van der Waals surface area contributed by atoms with Crippen molar-refractivity contribution in [1.29, 1.82) is 0 Å². The number of aryl methyl sites for hydroxylation is 3. The maximum Gasteiger partial charge on any atom is 0.0802 e. The number of aliphatic hydroxyl groups is 2. The largest absolute Gasteiger partial charge is 0.390 e. The summed E-state index contributed by atoms with van der Waals surface area (Å²) in [6.45, 7) is 6.33. The van der Waals surface area contributed by atoms with E-state index in [2.05, 4.69) is 44.2 Å². The Balaban J connectivity index is 0.000000381. The van der Waals surface area contributed by atoms with Crippen LogP contribution in [0, 0.1) is 0 Å². The van der Waals surface area contributed by atoms with Gasteiger partial charge in [-0.25, -0.2) is 0 Å². The van der Waals surface area contributed by atoms with E-state index in [1.807, 2.05) is 18.2 Å². The van der Waals surface area contributed by atoms with E-state index in [1.54, 1.807) is 7.11 Å². The van der Waals surface area contributed by atoms with Gasteiger partial charge in [-0.05, 0) is 93.1 Å². The maximum atomic E-state index is 10.7. The maximum absolute atomic E-state index is 10.7. The van der Waals surface area contributed by atoms with Crippen LogP contribution in [0.4, 0.5) is 0 Å². The van der Waals surface area contributed by atoms with Crippen molar-refractivity contribution < 1.29 is 14.9 Å². The number of ether oxygens (including phenoxy) is 1. The first-order valence-electron chi connectivity index (χ1n) is 13.9. The fraction of sp³-hybridized carbons (Fsp3) is 0.613. The molecular formula is C31H52N2O3. The van der Waals surface area contributed by atoms with Gasteiger partial charge in [0.15, 0.2) is 0 Å². The lowest BCUT2D eigenvalue weighted by Crippen LogP contribution is -2.28. The van der Waals surface area contributed by atoms with Crippen molar-refractivity contribution in [2.75, 3.05) is 26.8 Å². The van der Waals surface area contributed by atoms with Gasteiger partial charge in [-0.3, -0.25) is 0 Å². The van der Waals surface area contributed by atoms with Crippen molar-refractivity contribution in [2.45, 2.75) is 96.2 Å². The third-order valence-corrected chi connectivity index (χ3v) is 6.56. The lowest BCUT2D eigenvalue weighted by atomic mass is 9.86. The normalized spacial score (nSPS) is 12.2. The molecular weight excluding hydrogens is 448 g/mol. The van der Waals surface area contributed by atoms with Crippen molar-refractivity contribution in [3.63, 3.8) is 0 Å². The summed E-state index contributed by atoms with van der Waals surface area (Å²) in [7, 11) is 1.75. The van der Waals surface area contributed by atoms with Crippen LogP contribution in [-0.4, -0.2) is 42.6 Å². The average Bonchev–Trinajstić information content (AvgIpc) is 2.88. The lowest BCUT2D eigenvalue weighted by Gasteiger charge is -2.27. The molecule has 0 heterocycles. The number of hydrogen-bond acceptors (Lipinski definition) is 5. The Kier molecular flexibility index (Phi) is 17.4. The summed E-state index contributed by atoms with van der Waals surface area (Å²) in [5.74, 6) is 0. The molecule has 0 radical (unpaired) electrons. The molecule has 5 heteroatoms. The van der Waals surface area contributed by atoms with E-state index >= 15 is 0 Å². The third-order valence-electron chi connectivity index (χ3n) is 6.56. The van der Waals surface area contributed by atoms with Crippen LogP contribution in [0.5, 0.6) is 0 Å². The number of hydrogen-bond donors (Lipinski definition) is 4. The Morgan fingerprint density at radius 3 is 1.94 bits per heavy atom. The number of benzene rings is 2. The van der Waals surface area contributed by atoms with Crippen LogP contribution in [0.25, 0.3) is 0 Å². The standard InChI is InChI=1S/C18H31NO2.C13H21NO/c1-3-10-18(21,11-4-2)12-8-15-6-5-7-16(14-15)17(20)9-13-19;1-15-10-4-8-13-6-2-5-12(11-13)7-3-9-14/h5-7,14,17,20-21H,3-4,8-13,19H2,1-2H3;2,5-6,11H,3-4,7-10,14H2,1H3. The molecule has 0 aliphatic carbocycles. The first-order valence-corrected chi connectivity index (χ1v) is 13.9. The van der Waals surface area contributed by atoms with Crippen molar-refractivity contribution in [2.24, 2.45) is 11.5 Å². The van der Waals surface area contributed by atoms with Gasteiger partial charge in [-0.2, -0.15) is 0 Å². The molecule has 0 aliphatic heterocycles. The average molecular weight is 501 g/mol. The van der Waals surface area contributed by atoms with Crippen LogP contribution in [0.3, 0.4) is 0 Å². The van der Waals surface area contributed by atoms with Gasteiger partial charge in [0.25, 0.3) is 0 Å². The van der Waals surface area contributed by atoms with Gasteiger partial charge < -0.3 is 26.4 Å². The second-order valence-corrected chi connectivity index (χ2v) is 9.87. The molecule has 0 fully saturated rings. The lowest BCUT2D eigenvalue weighted by molar-refractivity contribution is 0.0132. The van der Waals surface area contributed by atoms with Gasteiger partial charge in [0.2, 0.25) is 0 Å². The van der Waals surface area contributed by atoms with Gasteiger partial charge in [0, 0.05) is 13.7 Å². The van der Waals surface area contributed by atoms with Crippen LogP contribution in [0.2, 0.25) is 0 Å². The van der Waals surface area contributed by atoms with E-state index in [0.29, 0.717) is 13.0 Å². The van der Waals surface area contributed by atoms with E-state index in [-0.39, 0.29) is 0 Å². The molecule has 36 heavy (non-hydrogen) atoms. The number of aliphatic hydroxyl groups excluding tert-OH is 1. The molecule has 2 aromatic carbocycles. The van der Waals surface area contributed by atoms with Gasteiger partial charge in [-0.15, -0.1) is 0 Å². The van der Waals surface area contributed by atoms with Gasteiger partial charge in [-0.1, -0.05) is 75.2 Å². The second kappa shape index (κ2) is 19.4. The highest BCUT2D eigenvalue weighted by Gasteiger charge is 2.24. The molecule has 204 valence electrons. The van der Waals surface area contributed by atoms with Crippen LogP contribution in [0.15, 0.2) is 48.5 Å². The summed E-state index contributed by atoms with van der Waals surface area (Å²) in [4.78, 5) is 0. The molecule has 0 aromatic heterocycles. The van der Waals surface area contributed by atoms with Crippen LogP contribution in [-0.2, 0) is 24.0 Å². The fourth-order valence-electron chi connectivity index (χ4n) is 4.63. The zero-order chi connectivity index (χ0) is 26.7. The molecule has 0 saturated carbocycles. The van der Waals surface area contributed by atoms with Crippen molar-refractivity contribution in [3.8, 4) is 0 Å². The molecule has 6 N–H and O–H groups in total. The molecule has 0 spiro atoms. The summed E-state index contributed by atoms with van der Waals surface area (Å²) >= 11 is 0. The van der Waals surface area contributed by atoms with Crippen molar-refractivity contribution in [1.82, 2.24) is 0 Å². The molecule has 1 unspecified atom stereocenters. The Morgan fingerprint density at radius 2 is 1.39 bits per heavy atom. The zero-order valence-corrected chi connectivity index (χ0v) is 23.1. The Labute approximate surface area is 220 Å². The highest BCUT2D eigenvalue weighted by molar-refractivity contribution is 5.26. The highest BCUT2D eigenvalue weighted by atomic mass is 16.5. The van der Waals surface area contributed by atoms with Crippen molar-refractivity contribution in [3.05, 3.63) is 70.8 Å². The minimum absolute atomic E-state index is 0.484. The topological polar surface area (TPSA) is 102 Å². The Hall–Kier alpha value is -1.76. The predicted octanol–water partition coefficient (Wildman–Crippen LogP) is 5.49. The first kappa shape index (κ1) is 32.3. The number of rotatable bonds is 17. The van der Waals surface area contributed by atoms with Gasteiger partial charge in [0.1, 0.15) is 0 Å². The Morgan fingerprint density at radius 1 is 0.806 bits per heavy atom.